The van der Waals surface area contributed by atoms with E-state index in [2.05, 4.69) is 10.6 Å². The summed E-state index contributed by atoms with van der Waals surface area (Å²) in [4.78, 5) is 12.3. The second-order valence-electron chi connectivity index (χ2n) is 5.66. The van der Waals surface area contributed by atoms with E-state index >= 15 is 0 Å². The Morgan fingerprint density at radius 1 is 1.21 bits per heavy atom. The molecule has 2 aliphatic rings. The van der Waals surface area contributed by atoms with Crippen LogP contribution >= 0.6 is 0 Å². The van der Waals surface area contributed by atoms with E-state index in [4.69, 9.17) is 9.84 Å². The Hall–Kier alpha value is -2.86. The highest BCUT2D eigenvalue weighted by Crippen LogP contribution is 2.42. The first-order chi connectivity index (χ1) is 11.7. The number of hydrogen-bond acceptors (Lipinski definition) is 4. The molecule has 0 atom stereocenters. The number of aliphatic hydroxyl groups is 1. The molecule has 2 heterocycles. The Morgan fingerprint density at radius 2 is 2.04 bits per heavy atom. The van der Waals surface area contributed by atoms with E-state index in [1.54, 1.807) is 6.07 Å². The second-order valence-corrected chi connectivity index (χ2v) is 5.66. The average molecular weight is 326 g/mol. The van der Waals surface area contributed by atoms with Crippen LogP contribution in [0.3, 0.4) is 0 Å². The quantitative estimate of drug-likeness (QED) is 0.758. The third kappa shape index (κ3) is 2.32. The normalized spacial score (nSPS) is 18.0. The molecule has 0 spiro atoms. The number of fused-ring (bicyclic) bond motifs is 2. The van der Waals surface area contributed by atoms with Crippen LogP contribution in [0.25, 0.3) is 11.3 Å². The number of nitrogens with one attached hydrogen (secondary N) is 2. The summed E-state index contributed by atoms with van der Waals surface area (Å²) in [5.41, 5.74) is 4.24. The number of ether oxygens (including phenoxy) is 1. The number of aliphatic hydroxyl groups excluding tert-OH is 1. The number of amides is 1. The van der Waals surface area contributed by atoms with Crippen LogP contribution < -0.4 is 10.6 Å². The molecular formula is C18H15FN2O3. The molecule has 6 heteroatoms. The first kappa shape index (κ1) is 14.7. The van der Waals surface area contributed by atoms with E-state index in [9.17, 15) is 9.18 Å². The van der Waals surface area contributed by atoms with Crippen molar-refractivity contribution < 1.29 is 19.0 Å². The maximum Gasteiger partial charge on any atom is 0.260 e. The van der Waals surface area contributed by atoms with Gasteiger partial charge in [-0.1, -0.05) is 0 Å². The zero-order valence-corrected chi connectivity index (χ0v) is 12.7. The predicted molar refractivity (Wildman–Crippen MR) is 88.7 cm³/mol. The van der Waals surface area contributed by atoms with Gasteiger partial charge in [0.1, 0.15) is 18.2 Å². The molecule has 0 aliphatic carbocycles. The molecule has 0 bridgehead atoms. The van der Waals surface area contributed by atoms with Crippen LogP contribution in [0, 0.1) is 5.82 Å². The number of rotatable bonds is 3. The minimum atomic E-state index is -0.396. The smallest absolute Gasteiger partial charge is 0.260 e. The number of benzene rings is 2. The Kier molecular flexibility index (Phi) is 3.46. The van der Waals surface area contributed by atoms with Crippen molar-refractivity contribution in [3.05, 3.63) is 58.9 Å². The highest BCUT2D eigenvalue weighted by Gasteiger charge is 2.32. The number of anilines is 2. The number of carbonyl (C=O) groups excluding carboxylic acids is 1. The highest BCUT2D eigenvalue weighted by molar-refractivity contribution is 6.36. The first-order valence-corrected chi connectivity index (χ1v) is 7.64. The fraction of sp³-hybridized carbons (Fsp3) is 0.167. The average Bonchev–Trinajstić information content (AvgIpc) is 3.11. The number of halogens is 1. The van der Waals surface area contributed by atoms with Gasteiger partial charge in [-0.05, 0) is 36.4 Å². The van der Waals surface area contributed by atoms with Crippen LogP contribution in [0.2, 0.25) is 0 Å². The molecule has 0 saturated carbocycles. The summed E-state index contributed by atoms with van der Waals surface area (Å²) in [6.45, 7) is 0.887. The summed E-state index contributed by atoms with van der Waals surface area (Å²) < 4.78 is 19.1. The van der Waals surface area contributed by atoms with Gasteiger partial charge < -0.3 is 20.5 Å². The number of carbonyl (C=O) groups is 1. The van der Waals surface area contributed by atoms with Gasteiger partial charge in [-0.2, -0.15) is 0 Å². The molecule has 2 aromatic rings. The van der Waals surface area contributed by atoms with Gasteiger partial charge in [0.05, 0.1) is 17.9 Å². The van der Waals surface area contributed by atoms with E-state index in [1.807, 2.05) is 18.2 Å². The summed E-state index contributed by atoms with van der Waals surface area (Å²) >= 11 is 0. The van der Waals surface area contributed by atoms with Crippen molar-refractivity contribution in [2.45, 2.75) is 6.61 Å². The Labute approximate surface area is 137 Å². The zero-order valence-electron chi connectivity index (χ0n) is 12.7. The fourth-order valence-electron chi connectivity index (χ4n) is 3.05. The lowest BCUT2D eigenvalue weighted by molar-refractivity contribution is -0.110. The molecule has 0 unspecified atom stereocenters. The summed E-state index contributed by atoms with van der Waals surface area (Å²) in [6.07, 6.45) is 0. The van der Waals surface area contributed by atoms with Crippen molar-refractivity contribution in [2.75, 3.05) is 23.8 Å². The van der Waals surface area contributed by atoms with E-state index < -0.39 is 5.82 Å². The van der Waals surface area contributed by atoms with Crippen LogP contribution in [0.15, 0.2) is 36.4 Å². The van der Waals surface area contributed by atoms with Gasteiger partial charge in [-0.25, -0.2) is 4.39 Å². The van der Waals surface area contributed by atoms with E-state index in [1.165, 1.54) is 12.1 Å². The van der Waals surface area contributed by atoms with Gasteiger partial charge in [-0.3, -0.25) is 4.79 Å². The molecular weight excluding hydrogens is 311 g/mol. The monoisotopic (exact) mass is 326 g/mol. The summed E-state index contributed by atoms with van der Waals surface area (Å²) in [6, 6.07) is 9.93. The molecule has 4 rings (SSSR count). The molecule has 0 radical (unpaired) electrons. The molecule has 24 heavy (non-hydrogen) atoms. The topological polar surface area (TPSA) is 70.6 Å². The zero-order chi connectivity index (χ0) is 16.7. The molecule has 1 amide bonds. The van der Waals surface area contributed by atoms with Crippen molar-refractivity contribution in [1.82, 2.24) is 0 Å². The molecule has 3 N–H and O–H groups in total. The lowest BCUT2D eigenvalue weighted by Gasteiger charge is -2.07. The lowest BCUT2D eigenvalue weighted by atomic mass is 10.00. The molecule has 2 aromatic carbocycles. The Balaban J connectivity index is 1.78. The molecule has 122 valence electrons. The molecule has 2 aliphatic heterocycles. The van der Waals surface area contributed by atoms with Gasteiger partial charge in [0.2, 0.25) is 0 Å². The van der Waals surface area contributed by atoms with Gasteiger partial charge >= 0.3 is 0 Å². The van der Waals surface area contributed by atoms with E-state index in [0.717, 1.165) is 16.8 Å². The SMILES string of the molecule is O=C1Nc2cc(F)ccc2C1=C1OCc2cc(NCCO)ccc21. The maximum atomic E-state index is 13.4. The van der Waals surface area contributed by atoms with Gasteiger partial charge in [0.15, 0.2) is 0 Å². The summed E-state index contributed by atoms with van der Waals surface area (Å²) in [5.74, 6) is -0.171. The Bertz CT molecular complexity index is 877. The standard InChI is InChI=1S/C18H15FN2O3/c19-11-1-3-14-15(8-11)21-18(23)16(14)17-13-4-2-12(20-5-6-22)7-10(13)9-24-17/h1-4,7-8,20,22H,5-6,9H2,(H,21,23). The molecule has 5 nitrogen and oxygen atoms in total. The van der Waals surface area contributed by atoms with Crippen molar-refractivity contribution >= 4 is 28.6 Å². The third-order valence-corrected chi connectivity index (χ3v) is 4.12. The Morgan fingerprint density at radius 3 is 2.88 bits per heavy atom. The third-order valence-electron chi connectivity index (χ3n) is 4.12. The first-order valence-electron chi connectivity index (χ1n) is 7.64. The molecule has 0 saturated heterocycles. The predicted octanol–water partition coefficient (Wildman–Crippen LogP) is 2.58. The second kappa shape index (κ2) is 5.65. The van der Waals surface area contributed by atoms with Gasteiger partial charge in [0.25, 0.3) is 5.91 Å². The molecule has 0 fully saturated rings. The lowest BCUT2D eigenvalue weighted by Crippen LogP contribution is -2.06. The minimum Gasteiger partial charge on any atom is -0.487 e. The van der Waals surface area contributed by atoms with E-state index in [-0.39, 0.29) is 12.5 Å². The van der Waals surface area contributed by atoms with Crippen molar-refractivity contribution in [2.24, 2.45) is 0 Å². The van der Waals surface area contributed by atoms with Gasteiger partial charge in [-0.15, -0.1) is 0 Å². The summed E-state index contributed by atoms with van der Waals surface area (Å²) in [5, 5.41) is 14.7. The van der Waals surface area contributed by atoms with Crippen LogP contribution in [0.5, 0.6) is 0 Å². The fourth-order valence-corrected chi connectivity index (χ4v) is 3.05. The molecule has 0 aromatic heterocycles. The van der Waals surface area contributed by atoms with Crippen LogP contribution in [0.4, 0.5) is 15.8 Å². The van der Waals surface area contributed by atoms with Crippen LogP contribution in [0.1, 0.15) is 16.7 Å². The van der Waals surface area contributed by atoms with Crippen LogP contribution in [-0.4, -0.2) is 24.2 Å². The van der Waals surface area contributed by atoms with Crippen molar-refractivity contribution in [3.63, 3.8) is 0 Å². The largest absolute Gasteiger partial charge is 0.487 e. The van der Waals surface area contributed by atoms with Crippen molar-refractivity contribution in [3.8, 4) is 0 Å². The van der Waals surface area contributed by atoms with Crippen molar-refractivity contribution in [1.29, 1.82) is 0 Å². The van der Waals surface area contributed by atoms with Crippen LogP contribution in [-0.2, 0) is 16.1 Å². The van der Waals surface area contributed by atoms with Gasteiger partial charge in [0, 0.05) is 28.9 Å². The minimum absolute atomic E-state index is 0.0520. The maximum absolute atomic E-state index is 13.4. The van der Waals surface area contributed by atoms with E-state index in [0.29, 0.717) is 35.7 Å². The highest BCUT2D eigenvalue weighted by atomic mass is 19.1. The summed E-state index contributed by atoms with van der Waals surface area (Å²) in [7, 11) is 0. The number of hydrogen-bond donors (Lipinski definition) is 3.